The third kappa shape index (κ3) is 4.54. The van der Waals surface area contributed by atoms with E-state index in [9.17, 15) is 9.18 Å². The summed E-state index contributed by atoms with van der Waals surface area (Å²) in [6, 6.07) is 4.12. The highest BCUT2D eigenvalue weighted by atomic mass is 19.1. The maximum Gasteiger partial charge on any atom is 0.242 e. The molecule has 0 radical (unpaired) electrons. The first kappa shape index (κ1) is 15.5. The zero-order valence-electron chi connectivity index (χ0n) is 12.3. The lowest BCUT2D eigenvalue weighted by Crippen LogP contribution is -2.48. The number of hydrogen-bond donors (Lipinski definition) is 2. The van der Waals surface area contributed by atoms with E-state index in [0.717, 1.165) is 17.7 Å². The van der Waals surface area contributed by atoms with Crippen LogP contribution in [0.3, 0.4) is 0 Å². The van der Waals surface area contributed by atoms with E-state index >= 15 is 0 Å². The van der Waals surface area contributed by atoms with Gasteiger partial charge in [-0.25, -0.2) is 4.39 Å². The Morgan fingerprint density at radius 1 is 1.42 bits per heavy atom. The number of halogens is 1. The van der Waals surface area contributed by atoms with Crippen LogP contribution in [-0.4, -0.2) is 17.5 Å². The Morgan fingerprint density at radius 3 is 2.58 bits per heavy atom. The second-order valence-electron chi connectivity index (χ2n) is 5.55. The number of aryl methyl sites for hydroxylation is 1. The molecule has 1 aromatic rings. The van der Waals surface area contributed by atoms with Crippen molar-refractivity contribution in [3.05, 3.63) is 29.6 Å². The fourth-order valence-electron chi connectivity index (χ4n) is 1.62. The normalized spacial score (nSPS) is 12.9. The van der Waals surface area contributed by atoms with Crippen molar-refractivity contribution in [1.29, 1.82) is 0 Å². The number of carbonyl (C=O) groups is 1. The van der Waals surface area contributed by atoms with E-state index < -0.39 is 0 Å². The van der Waals surface area contributed by atoms with E-state index in [1.165, 1.54) is 12.1 Å². The van der Waals surface area contributed by atoms with Crippen molar-refractivity contribution in [3.63, 3.8) is 0 Å². The van der Waals surface area contributed by atoms with Crippen molar-refractivity contribution >= 4 is 11.6 Å². The highest BCUT2D eigenvalue weighted by Crippen LogP contribution is 2.17. The average Bonchev–Trinajstić information content (AvgIpc) is 2.32. The van der Waals surface area contributed by atoms with Gasteiger partial charge in [-0.3, -0.25) is 4.79 Å². The zero-order chi connectivity index (χ0) is 14.6. The van der Waals surface area contributed by atoms with Gasteiger partial charge in [0, 0.05) is 11.2 Å². The van der Waals surface area contributed by atoms with Gasteiger partial charge in [-0.15, -0.1) is 0 Å². The molecule has 0 heterocycles. The predicted molar refractivity (Wildman–Crippen MR) is 76.7 cm³/mol. The van der Waals surface area contributed by atoms with Crippen molar-refractivity contribution in [1.82, 2.24) is 5.32 Å². The quantitative estimate of drug-likeness (QED) is 0.859. The first-order valence-electron chi connectivity index (χ1n) is 6.60. The molecule has 0 aliphatic carbocycles. The van der Waals surface area contributed by atoms with Crippen LogP contribution >= 0.6 is 0 Å². The molecule has 0 aliphatic heterocycles. The standard InChI is InChI=1S/C15H23FN2O/c1-6-15(4,5)18-14(19)11(3)17-13-8-7-12(16)9-10(13)2/h7-9,11,17H,6H2,1-5H3,(H,18,19). The van der Waals surface area contributed by atoms with E-state index in [4.69, 9.17) is 0 Å². The van der Waals surface area contributed by atoms with Gasteiger partial charge in [0.2, 0.25) is 5.91 Å². The number of rotatable bonds is 5. The summed E-state index contributed by atoms with van der Waals surface area (Å²) in [5.74, 6) is -0.331. The summed E-state index contributed by atoms with van der Waals surface area (Å²) in [6.07, 6.45) is 0.862. The van der Waals surface area contributed by atoms with Crippen LogP contribution in [0, 0.1) is 12.7 Å². The van der Waals surface area contributed by atoms with Crippen LogP contribution in [-0.2, 0) is 4.79 Å². The van der Waals surface area contributed by atoms with E-state index in [1.54, 1.807) is 13.0 Å². The van der Waals surface area contributed by atoms with Crippen LogP contribution in [0.4, 0.5) is 10.1 Å². The zero-order valence-corrected chi connectivity index (χ0v) is 12.3. The minimum absolute atomic E-state index is 0.0597. The second kappa shape index (κ2) is 6.04. The first-order valence-corrected chi connectivity index (χ1v) is 6.60. The minimum Gasteiger partial charge on any atom is -0.374 e. The molecule has 1 amide bonds. The Labute approximate surface area is 114 Å². The molecule has 1 aromatic carbocycles. The Hall–Kier alpha value is -1.58. The van der Waals surface area contributed by atoms with E-state index in [2.05, 4.69) is 10.6 Å². The molecule has 19 heavy (non-hydrogen) atoms. The van der Waals surface area contributed by atoms with Gasteiger partial charge < -0.3 is 10.6 Å². The van der Waals surface area contributed by atoms with Crippen molar-refractivity contribution in [2.24, 2.45) is 0 Å². The maximum absolute atomic E-state index is 13.0. The van der Waals surface area contributed by atoms with Crippen LogP contribution in [0.1, 0.15) is 39.7 Å². The van der Waals surface area contributed by atoms with Gasteiger partial charge in [0.15, 0.2) is 0 Å². The summed E-state index contributed by atoms with van der Waals surface area (Å²) in [5, 5.41) is 6.09. The number of carbonyl (C=O) groups excluding carboxylic acids is 1. The highest BCUT2D eigenvalue weighted by Gasteiger charge is 2.21. The average molecular weight is 266 g/mol. The SMILES string of the molecule is CCC(C)(C)NC(=O)C(C)Nc1ccc(F)cc1C. The van der Waals surface area contributed by atoms with Crippen molar-refractivity contribution < 1.29 is 9.18 Å². The molecule has 0 spiro atoms. The third-order valence-corrected chi connectivity index (χ3v) is 3.30. The molecule has 2 N–H and O–H groups in total. The third-order valence-electron chi connectivity index (χ3n) is 3.30. The van der Waals surface area contributed by atoms with E-state index in [-0.39, 0.29) is 23.3 Å². The fraction of sp³-hybridized carbons (Fsp3) is 0.533. The molecule has 0 aromatic heterocycles. The number of amides is 1. The molecule has 106 valence electrons. The molecule has 0 saturated heterocycles. The summed E-state index contributed by atoms with van der Waals surface area (Å²) < 4.78 is 13.0. The molecule has 1 unspecified atom stereocenters. The molecule has 3 nitrogen and oxygen atoms in total. The summed E-state index contributed by atoms with van der Waals surface area (Å²) in [6.45, 7) is 9.61. The Morgan fingerprint density at radius 2 is 2.05 bits per heavy atom. The maximum atomic E-state index is 13.0. The molecule has 0 bridgehead atoms. The number of benzene rings is 1. The molecule has 0 aliphatic rings. The van der Waals surface area contributed by atoms with E-state index in [0.29, 0.717) is 0 Å². The summed E-state index contributed by atoms with van der Waals surface area (Å²) in [7, 11) is 0. The predicted octanol–water partition coefficient (Wildman–Crippen LogP) is 3.24. The van der Waals surface area contributed by atoms with Gasteiger partial charge in [0.05, 0.1) is 0 Å². The van der Waals surface area contributed by atoms with Crippen molar-refractivity contribution in [2.45, 2.75) is 52.6 Å². The lowest BCUT2D eigenvalue weighted by molar-refractivity contribution is -0.123. The molecular weight excluding hydrogens is 243 g/mol. The van der Waals surface area contributed by atoms with E-state index in [1.807, 2.05) is 27.7 Å². The fourth-order valence-corrected chi connectivity index (χ4v) is 1.62. The van der Waals surface area contributed by atoms with Crippen LogP contribution in [0.5, 0.6) is 0 Å². The molecule has 4 heteroatoms. The number of anilines is 1. The van der Waals surface area contributed by atoms with Gasteiger partial charge in [0.25, 0.3) is 0 Å². The topological polar surface area (TPSA) is 41.1 Å². The Bertz CT molecular complexity index is 457. The molecule has 0 saturated carbocycles. The summed E-state index contributed by atoms with van der Waals surface area (Å²) in [5.41, 5.74) is 1.35. The largest absolute Gasteiger partial charge is 0.374 e. The highest BCUT2D eigenvalue weighted by molar-refractivity contribution is 5.85. The Balaban J connectivity index is 2.69. The van der Waals surface area contributed by atoms with Crippen LogP contribution in [0.25, 0.3) is 0 Å². The summed E-state index contributed by atoms with van der Waals surface area (Å²) in [4.78, 5) is 12.1. The molecule has 0 fully saturated rings. The van der Waals surface area contributed by atoms with Gasteiger partial charge in [-0.1, -0.05) is 6.92 Å². The minimum atomic E-state index is -0.366. The summed E-state index contributed by atoms with van der Waals surface area (Å²) >= 11 is 0. The van der Waals surface area contributed by atoms with Gasteiger partial charge in [0.1, 0.15) is 11.9 Å². The van der Waals surface area contributed by atoms with Crippen LogP contribution in [0.2, 0.25) is 0 Å². The van der Waals surface area contributed by atoms with Crippen molar-refractivity contribution in [3.8, 4) is 0 Å². The van der Waals surface area contributed by atoms with Gasteiger partial charge in [-0.05, 0) is 57.9 Å². The van der Waals surface area contributed by atoms with Gasteiger partial charge in [-0.2, -0.15) is 0 Å². The second-order valence-corrected chi connectivity index (χ2v) is 5.55. The molecule has 1 atom stereocenters. The smallest absolute Gasteiger partial charge is 0.242 e. The number of nitrogens with one attached hydrogen (secondary N) is 2. The molecule has 1 rings (SSSR count). The van der Waals surface area contributed by atoms with Gasteiger partial charge >= 0.3 is 0 Å². The number of hydrogen-bond acceptors (Lipinski definition) is 2. The molecular formula is C15H23FN2O. The lowest BCUT2D eigenvalue weighted by atomic mass is 10.0. The van der Waals surface area contributed by atoms with Crippen LogP contribution in [0.15, 0.2) is 18.2 Å². The van der Waals surface area contributed by atoms with Crippen LogP contribution < -0.4 is 10.6 Å². The Kier molecular flexibility index (Phi) is 4.92. The first-order chi connectivity index (χ1) is 8.75. The monoisotopic (exact) mass is 266 g/mol. The van der Waals surface area contributed by atoms with Crippen molar-refractivity contribution in [2.75, 3.05) is 5.32 Å². The lowest BCUT2D eigenvalue weighted by Gasteiger charge is -2.27.